The van der Waals surface area contributed by atoms with Gasteiger partial charge in [-0.25, -0.2) is 0 Å². The van der Waals surface area contributed by atoms with E-state index in [0.717, 1.165) is 50.6 Å². The summed E-state index contributed by atoms with van der Waals surface area (Å²) in [6.45, 7) is 3.92. The van der Waals surface area contributed by atoms with Gasteiger partial charge in [-0.1, -0.05) is 31.2 Å². The van der Waals surface area contributed by atoms with Crippen molar-refractivity contribution in [3.05, 3.63) is 35.4 Å². The molecule has 0 amide bonds. The number of nitrogens with one attached hydrogen (secondary N) is 1. The largest absolute Gasteiger partial charge is 0.389 e. The Bertz CT molecular complexity index is 444. The Kier molecular flexibility index (Phi) is 4.13. The lowest BCUT2D eigenvalue weighted by molar-refractivity contribution is -0.00631. The Labute approximate surface area is 122 Å². The van der Waals surface area contributed by atoms with Crippen molar-refractivity contribution in [3.8, 4) is 0 Å². The third-order valence-electron chi connectivity index (χ3n) is 5.05. The van der Waals surface area contributed by atoms with Crippen LogP contribution < -0.4 is 5.32 Å². The predicted octanol–water partition coefficient (Wildman–Crippen LogP) is 3.59. The maximum absolute atomic E-state index is 10.6. The number of hydrogen-bond acceptors (Lipinski definition) is 2. The first-order valence-electron chi connectivity index (χ1n) is 8.17. The van der Waals surface area contributed by atoms with Crippen LogP contribution in [0.2, 0.25) is 0 Å². The molecule has 0 atom stereocenters. The van der Waals surface area contributed by atoms with Crippen LogP contribution in [0.3, 0.4) is 0 Å². The topological polar surface area (TPSA) is 32.3 Å². The summed E-state index contributed by atoms with van der Waals surface area (Å²) in [5, 5.41) is 14.1. The molecule has 0 unspecified atom stereocenters. The van der Waals surface area contributed by atoms with E-state index in [0.29, 0.717) is 0 Å². The van der Waals surface area contributed by atoms with Gasteiger partial charge in [-0.05, 0) is 61.5 Å². The summed E-state index contributed by atoms with van der Waals surface area (Å²) in [5.41, 5.74) is 2.47. The average molecular weight is 273 g/mol. The van der Waals surface area contributed by atoms with Gasteiger partial charge in [0.1, 0.15) is 0 Å². The Hall–Kier alpha value is -0.860. The van der Waals surface area contributed by atoms with E-state index >= 15 is 0 Å². The SMILES string of the molecule is CC1CCC(O)(CNCc2ccccc2C2CC2)CC1. The first-order chi connectivity index (χ1) is 9.66. The van der Waals surface area contributed by atoms with E-state index in [2.05, 4.69) is 36.5 Å². The molecular weight excluding hydrogens is 246 g/mol. The zero-order valence-electron chi connectivity index (χ0n) is 12.6. The molecule has 0 spiro atoms. The molecule has 20 heavy (non-hydrogen) atoms. The molecule has 0 radical (unpaired) electrons. The molecule has 2 N–H and O–H groups in total. The van der Waals surface area contributed by atoms with Gasteiger partial charge in [-0.2, -0.15) is 0 Å². The summed E-state index contributed by atoms with van der Waals surface area (Å²) in [5.74, 6) is 1.58. The Morgan fingerprint density at radius 2 is 1.85 bits per heavy atom. The zero-order valence-corrected chi connectivity index (χ0v) is 12.6. The number of hydrogen-bond donors (Lipinski definition) is 2. The minimum atomic E-state index is -0.471. The van der Waals surface area contributed by atoms with Crippen LogP contribution in [0.15, 0.2) is 24.3 Å². The second-order valence-corrected chi connectivity index (χ2v) is 6.98. The van der Waals surface area contributed by atoms with Crippen LogP contribution in [0.4, 0.5) is 0 Å². The van der Waals surface area contributed by atoms with Crippen LogP contribution in [0, 0.1) is 5.92 Å². The molecule has 110 valence electrons. The molecule has 0 bridgehead atoms. The highest BCUT2D eigenvalue weighted by molar-refractivity contribution is 5.33. The predicted molar refractivity (Wildman–Crippen MR) is 82.7 cm³/mol. The van der Waals surface area contributed by atoms with Crippen molar-refractivity contribution in [3.63, 3.8) is 0 Å². The minimum absolute atomic E-state index is 0.471. The second-order valence-electron chi connectivity index (χ2n) is 6.98. The average Bonchev–Trinajstić information content (AvgIpc) is 3.28. The standard InChI is InChI=1S/C18H27NO/c1-14-8-10-18(20,11-9-14)13-19-12-16-4-2-3-5-17(16)15-6-7-15/h2-5,14-15,19-20H,6-13H2,1H3. The van der Waals surface area contributed by atoms with Gasteiger partial charge in [0, 0.05) is 13.1 Å². The fourth-order valence-corrected chi connectivity index (χ4v) is 3.39. The molecule has 2 fully saturated rings. The van der Waals surface area contributed by atoms with Crippen LogP contribution in [-0.4, -0.2) is 17.3 Å². The van der Waals surface area contributed by atoms with E-state index in [1.165, 1.54) is 24.0 Å². The summed E-state index contributed by atoms with van der Waals surface area (Å²) in [6, 6.07) is 8.77. The lowest BCUT2D eigenvalue weighted by Gasteiger charge is -2.35. The first kappa shape index (κ1) is 14.1. The number of benzene rings is 1. The van der Waals surface area contributed by atoms with Gasteiger partial charge in [0.2, 0.25) is 0 Å². The molecule has 1 aromatic carbocycles. The summed E-state index contributed by atoms with van der Waals surface area (Å²) in [7, 11) is 0. The number of aliphatic hydroxyl groups is 1. The van der Waals surface area contributed by atoms with Crippen LogP contribution in [0.25, 0.3) is 0 Å². The van der Waals surface area contributed by atoms with Crippen molar-refractivity contribution in [1.29, 1.82) is 0 Å². The van der Waals surface area contributed by atoms with Crippen molar-refractivity contribution in [2.45, 2.75) is 63.5 Å². The van der Waals surface area contributed by atoms with Crippen LogP contribution in [-0.2, 0) is 6.54 Å². The van der Waals surface area contributed by atoms with E-state index in [-0.39, 0.29) is 0 Å². The van der Waals surface area contributed by atoms with Crippen LogP contribution in [0.1, 0.15) is 62.5 Å². The fourth-order valence-electron chi connectivity index (χ4n) is 3.39. The molecule has 2 aliphatic rings. The second kappa shape index (κ2) is 5.87. The first-order valence-corrected chi connectivity index (χ1v) is 8.17. The van der Waals surface area contributed by atoms with Gasteiger partial charge in [0.25, 0.3) is 0 Å². The molecule has 1 aromatic rings. The summed E-state index contributed by atoms with van der Waals surface area (Å²) in [4.78, 5) is 0. The molecular formula is C18H27NO. The molecule has 0 aromatic heterocycles. The van der Waals surface area contributed by atoms with Gasteiger partial charge in [-0.3, -0.25) is 0 Å². The normalized spacial score (nSPS) is 30.4. The van der Waals surface area contributed by atoms with Crippen molar-refractivity contribution in [2.24, 2.45) is 5.92 Å². The van der Waals surface area contributed by atoms with Gasteiger partial charge in [-0.15, -0.1) is 0 Å². The smallest absolute Gasteiger partial charge is 0.0771 e. The third kappa shape index (κ3) is 3.42. The minimum Gasteiger partial charge on any atom is -0.389 e. The highest BCUT2D eigenvalue weighted by atomic mass is 16.3. The molecule has 2 saturated carbocycles. The highest BCUT2D eigenvalue weighted by Gasteiger charge is 2.31. The molecule has 0 heterocycles. The van der Waals surface area contributed by atoms with Crippen LogP contribution >= 0.6 is 0 Å². The number of rotatable bonds is 5. The van der Waals surface area contributed by atoms with E-state index in [1.54, 1.807) is 0 Å². The molecule has 2 heteroatoms. The molecule has 0 saturated heterocycles. The third-order valence-corrected chi connectivity index (χ3v) is 5.05. The Morgan fingerprint density at radius 3 is 2.55 bits per heavy atom. The molecule has 2 aliphatic carbocycles. The lowest BCUT2D eigenvalue weighted by atomic mass is 9.79. The molecule has 2 nitrogen and oxygen atoms in total. The maximum Gasteiger partial charge on any atom is 0.0771 e. The van der Waals surface area contributed by atoms with Crippen molar-refractivity contribution in [2.75, 3.05) is 6.54 Å². The summed E-state index contributed by atoms with van der Waals surface area (Å²) < 4.78 is 0. The van der Waals surface area contributed by atoms with E-state index < -0.39 is 5.60 Å². The van der Waals surface area contributed by atoms with E-state index in [4.69, 9.17) is 0 Å². The summed E-state index contributed by atoms with van der Waals surface area (Å²) in [6.07, 6.45) is 6.92. The summed E-state index contributed by atoms with van der Waals surface area (Å²) >= 11 is 0. The maximum atomic E-state index is 10.6. The van der Waals surface area contributed by atoms with Gasteiger partial charge in [0.05, 0.1) is 5.60 Å². The van der Waals surface area contributed by atoms with Crippen molar-refractivity contribution >= 4 is 0 Å². The fraction of sp³-hybridized carbons (Fsp3) is 0.667. The monoisotopic (exact) mass is 273 g/mol. The Balaban J connectivity index is 1.52. The highest BCUT2D eigenvalue weighted by Crippen LogP contribution is 2.41. The quantitative estimate of drug-likeness (QED) is 0.859. The van der Waals surface area contributed by atoms with Crippen molar-refractivity contribution < 1.29 is 5.11 Å². The van der Waals surface area contributed by atoms with Gasteiger partial charge < -0.3 is 10.4 Å². The van der Waals surface area contributed by atoms with Crippen LogP contribution in [0.5, 0.6) is 0 Å². The van der Waals surface area contributed by atoms with Crippen molar-refractivity contribution in [1.82, 2.24) is 5.32 Å². The van der Waals surface area contributed by atoms with Gasteiger partial charge in [0.15, 0.2) is 0 Å². The lowest BCUT2D eigenvalue weighted by Crippen LogP contribution is -2.43. The zero-order chi connectivity index (χ0) is 14.0. The Morgan fingerprint density at radius 1 is 1.15 bits per heavy atom. The van der Waals surface area contributed by atoms with E-state index in [9.17, 15) is 5.11 Å². The molecule has 0 aliphatic heterocycles. The van der Waals surface area contributed by atoms with Gasteiger partial charge >= 0.3 is 0 Å². The molecule has 3 rings (SSSR count). The van der Waals surface area contributed by atoms with E-state index in [1.807, 2.05) is 0 Å².